The quantitative estimate of drug-likeness (QED) is 0.601. The van der Waals surface area contributed by atoms with Crippen molar-refractivity contribution in [2.24, 2.45) is 0 Å². The molecule has 0 aromatic rings. The molecule has 2 fully saturated rings. The predicted molar refractivity (Wildman–Crippen MR) is 52.4 cm³/mol. The van der Waals surface area contributed by atoms with Gasteiger partial charge in [-0.2, -0.15) is 0 Å². The van der Waals surface area contributed by atoms with E-state index in [1.165, 1.54) is 12.8 Å². The van der Waals surface area contributed by atoms with E-state index in [1.807, 2.05) is 0 Å². The van der Waals surface area contributed by atoms with E-state index in [-0.39, 0.29) is 6.10 Å². The maximum atomic E-state index is 9.83. The molecule has 2 N–H and O–H groups in total. The fourth-order valence-corrected chi connectivity index (χ4v) is 2.30. The van der Waals surface area contributed by atoms with Crippen LogP contribution in [-0.4, -0.2) is 48.3 Å². The highest BCUT2D eigenvalue weighted by Crippen LogP contribution is 2.16. The van der Waals surface area contributed by atoms with Gasteiger partial charge in [0.05, 0.1) is 6.10 Å². The second-order valence-corrected chi connectivity index (χ2v) is 4.03. The number of aliphatic hydroxyl groups is 1. The Morgan fingerprint density at radius 1 is 1.31 bits per heavy atom. The highest BCUT2D eigenvalue weighted by atomic mass is 16.3. The molecule has 3 nitrogen and oxygen atoms in total. The van der Waals surface area contributed by atoms with Gasteiger partial charge in [-0.15, -0.1) is 0 Å². The van der Waals surface area contributed by atoms with Crippen molar-refractivity contribution in [3.8, 4) is 0 Å². The third kappa shape index (κ3) is 2.22. The fourth-order valence-electron chi connectivity index (χ4n) is 2.30. The van der Waals surface area contributed by atoms with E-state index in [0.717, 1.165) is 32.6 Å². The van der Waals surface area contributed by atoms with Crippen LogP contribution in [0.3, 0.4) is 0 Å². The smallest absolute Gasteiger partial charge is 0.0719 e. The Morgan fingerprint density at radius 3 is 2.77 bits per heavy atom. The first kappa shape index (κ1) is 9.44. The number of hydrogen-bond acceptors (Lipinski definition) is 3. The average Bonchev–Trinajstić information content (AvgIpc) is 2.20. The summed E-state index contributed by atoms with van der Waals surface area (Å²) in [6, 6.07) is 0.363. The zero-order valence-electron chi connectivity index (χ0n) is 8.08. The van der Waals surface area contributed by atoms with Gasteiger partial charge in [0.25, 0.3) is 0 Å². The van der Waals surface area contributed by atoms with E-state index in [2.05, 4.69) is 16.6 Å². The summed E-state index contributed by atoms with van der Waals surface area (Å²) in [4.78, 5) is 2.43. The molecule has 2 unspecified atom stereocenters. The summed E-state index contributed by atoms with van der Waals surface area (Å²) in [6.45, 7) is 4.19. The lowest BCUT2D eigenvalue weighted by Gasteiger charge is -2.39. The first-order chi connectivity index (χ1) is 6.38. The lowest BCUT2D eigenvalue weighted by Crippen LogP contribution is -2.55. The summed E-state index contributed by atoms with van der Waals surface area (Å²) in [7, 11) is 0. The second kappa shape index (κ2) is 4.40. The molecule has 2 saturated heterocycles. The van der Waals surface area contributed by atoms with Crippen LogP contribution in [0, 0.1) is 6.42 Å². The van der Waals surface area contributed by atoms with Gasteiger partial charge in [0.15, 0.2) is 0 Å². The molecule has 1 radical (unpaired) electrons. The van der Waals surface area contributed by atoms with Crippen LogP contribution in [-0.2, 0) is 0 Å². The number of piperidine rings is 2. The molecule has 0 saturated carbocycles. The normalized spacial score (nSPS) is 37.6. The highest BCUT2D eigenvalue weighted by molar-refractivity contribution is 4.89. The largest absolute Gasteiger partial charge is 0.391 e. The molecule has 0 aromatic carbocycles. The lowest BCUT2D eigenvalue weighted by molar-refractivity contribution is 0.0240. The van der Waals surface area contributed by atoms with E-state index in [0.29, 0.717) is 6.04 Å². The summed E-state index contributed by atoms with van der Waals surface area (Å²) >= 11 is 0. The average molecular weight is 183 g/mol. The molecule has 0 spiro atoms. The molecule has 2 aliphatic rings. The zero-order valence-corrected chi connectivity index (χ0v) is 8.08. The first-order valence-corrected chi connectivity index (χ1v) is 5.32. The van der Waals surface area contributed by atoms with Gasteiger partial charge >= 0.3 is 0 Å². The third-order valence-corrected chi connectivity index (χ3v) is 3.12. The van der Waals surface area contributed by atoms with Crippen molar-refractivity contribution in [2.75, 3.05) is 26.2 Å². The van der Waals surface area contributed by atoms with E-state index in [9.17, 15) is 5.11 Å². The van der Waals surface area contributed by atoms with Crippen molar-refractivity contribution >= 4 is 0 Å². The molecule has 3 heteroatoms. The molecule has 2 aliphatic heterocycles. The third-order valence-electron chi connectivity index (χ3n) is 3.12. The van der Waals surface area contributed by atoms with E-state index >= 15 is 0 Å². The van der Waals surface area contributed by atoms with Crippen molar-refractivity contribution in [3.05, 3.63) is 6.42 Å². The molecule has 2 atom stereocenters. The topological polar surface area (TPSA) is 35.5 Å². The van der Waals surface area contributed by atoms with Gasteiger partial charge < -0.3 is 10.4 Å². The Hall–Kier alpha value is -0.120. The number of aliphatic hydroxyl groups excluding tert-OH is 1. The monoisotopic (exact) mass is 183 g/mol. The van der Waals surface area contributed by atoms with Crippen LogP contribution in [0.5, 0.6) is 0 Å². The van der Waals surface area contributed by atoms with Gasteiger partial charge in [0.1, 0.15) is 0 Å². The molecule has 0 bridgehead atoms. The molecule has 2 heterocycles. The van der Waals surface area contributed by atoms with Crippen molar-refractivity contribution < 1.29 is 5.11 Å². The van der Waals surface area contributed by atoms with Gasteiger partial charge in [-0.1, -0.05) is 0 Å². The second-order valence-electron chi connectivity index (χ2n) is 4.03. The number of nitrogens with zero attached hydrogens (tertiary/aromatic N) is 1. The summed E-state index contributed by atoms with van der Waals surface area (Å²) in [5, 5.41) is 13.2. The number of rotatable bonds is 1. The molecular formula is C10H19N2O. The molecule has 13 heavy (non-hydrogen) atoms. The molecule has 0 amide bonds. The van der Waals surface area contributed by atoms with Gasteiger partial charge in [-0.3, -0.25) is 4.90 Å². The minimum absolute atomic E-state index is 0.112. The van der Waals surface area contributed by atoms with Crippen LogP contribution < -0.4 is 5.32 Å². The van der Waals surface area contributed by atoms with Gasteiger partial charge in [-0.05, 0) is 45.3 Å². The Balaban J connectivity index is 1.88. The summed E-state index contributed by atoms with van der Waals surface area (Å²) < 4.78 is 0. The van der Waals surface area contributed by atoms with Crippen molar-refractivity contribution in [1.82, 2.24) is 10.2 Å². The van der Waals surface area contributed by atoms with Crippen LogP contribution >= 0.6 is 0 Å². The van der Waals surface area contributed by atoms with Crippen LogP contribution in [0.1, 0.15) is 19.3 Å². The van der Waals surface area contributed by atoms with Crippen molar-refractivity contribution in [1.29, 1.82) is 0 Å². The molecule has 2 rings (SSSR count). The number of nitrogens with one attached hydrogen (secondary N) is 1. The maximum absolute atomic E-state index is 9.83. The lowest BCUT2D eigenvalue weighted by atomic mass is 9.99. The van der Waals surface area contributed by atoms with Crippen LogP contribution in [0.2, 0.25) is 0 Å². The van der Waals surface area contributed by atoms with Crippen molar-refractivity contribution in [3.63, 3.8) is 0 Å². The zero-order chi connectivity index (χ0) is 9.10. The standard InChI is InChI=1S/C10H19N2O/c13-10-4-5-11-8-9(10)12-6-2-1-3-7-12/h1,9-11,13H,2-8H2. The summed E-state index contributed by atoms with van der Waals surface area (Å²) in [5.74, 6) is 0. The Kier molecular flexibility index (Phi) is 3.19. The minimum Gasteiger partial charge on any atom is -0.391 e. The van der Waals surface area contributed by atoms with Crippen LogP contribution in [0.25, 0.3) is 0 Å². The summed E-state index contributed by atoms with van der Waals surface area (Å²) in [6.07, 6.45) is 5.51. The Bertz CT molecular complexity index is 157. The van der Waals surface area contributed by atoms with Crippen molar-refractivity contribution in [2.45, 2.75) is 31.4 Å². The maximum Gasteiger partial charge on any atom is 0.0719 e. The number of likely N-dealkylation sites (tertiary alicyclic amines) is 1. The van der Waals surface area contributed by atoms with E-state index in [4.69, 9.17) is 0 Å². The molecular weight excluding hydrogens is 164 g/mol. The van der Waals surface area contributed by atoms with E-state index in [1.54, 1.807) is 0 Å². The predicted octanol–water partition coefficient (Wildman–Crippen LogP) is 0.00929. The van der Waals surface area contributed by atoms with Gasteiger partial charge in [0.2, 0.25) is 0 Å². The molecule has 0 aromatic heterocycles. The molecule has 0 aliphatic carbocycles. The summed E-state index contributed by atoms with van der Waals surface area (Å²) in [5.41, 5.74) is 0. The number of hydrogen-bond donors (Lipinski definition) is 2. The fraction of sp³-hybridized carbons (Fsp3) is 0.900. The SMILES string of the molecule is OC1CCNCC1N1CC[CH]CC1. The van der Waals surface area contributed by atoms with Gasteiger partial charge in [-0.25, -0.2) is 0 Å². The first-order valence-electron chi connectivity index (χ1n) is 5.32. The minimum atomic E-state index is -0.112. The van der Waals surface area contributed by atoms with Crippen LogP contribution in [0.15, 0.2) is 0 Å². The molecule has 75 valence electrons. The highest BCUT2D eigenvalue weighted by Gasteiger charge is 2.28. The van der Waals surface area contributed by atoms with Gasteiger partial charge in [0, 0.05) is 12.6 Å². The Labute approximate surface area is 80.1 Å². The van der Waals surface area contributed by atoms with Crippen LogP contribution in [0.4, 0.5) is 0 Å². The Morgan fingerprint density at radius 2 is 2.08 bits per heavy atom. The van der Waals surface area contributed by atoms with E-state index < -0.39 is 0 Å².